The fourth-order valence-corrected chi connectivity index (χ4v) is 2.48. The average molecular weight is 248 g/mol. The molecule has 1 fully saturated rings. The van der Waals surface area contributed by atoms with Gasteiger partial charge in [-0.05, 0) is 30.9 Å². The van der Waals surface area contributed by atoms with Crippen LogP contribution in [0.4, 0.5) is 5.82 Å². The highest BCUT2D eigenvalue weighted by Crippen LogP contribution is 2.26. The van der Waals surface area contributed by atoms with Gasteiger partial charge in [-0.15, -0.1) is 0 Å². The Bertz CT molecular complexity index is 401. The van der Waals surface area contributed by atoms with Crippen LogP contribution >= 0.6 is 0 Å². The van der Waals surface area contributed by atoms with Crippen molar-refractivity contribution in [2.24, 2.45) is 5.92 Å². The topological polar surface area (TPSA) is 62.2 Å². The van der Waals surface area contributed by atoms with Crippen LogP contribution in [0.1, 0.15) is 44.2 Å². The van der Waals surface area contributed by atoms with Gasteiger partial charge in [-0.3, -0.25) is 4.79 Å². The van der Waals surface area contributed by atoms with Gasteiger partial charge in [0.2, 0.25) is 5.91 Å². The molecule has 1 aromatic heterocycles. The van der Waals surface area contributed by atoms with Gasteiger partial charge in [-0.25, -0.2) is 4.98 Å². The first-order valence-corrected chi connectivity index (χ1v) is 6.64. The summed E-state index contributed by atoms with van der Waals surface area (Å²) in [5, 5.41) is 11.8. The van der Waals surface area contributed by atoms with Crippen molar-refractivity contribution in [3.63, 3.8) is 0 Å². The van der Waals surface area contributed by atoms with Crippen LogP contribution < -0.4 is 5.32 Å². The largest absolute Gasteiger partial charge is 0.390 e. The maximum absolute atomic E-state index is 11.9. The zero-order valence-electron chi connectivity index (χ0n) is 10.6. The van der Waals surface area contributed by atoms with Crippen LogP contribution in [0.2, 0.25) is 0 Å². The van der Waals surface area contributed by atoms with E-state index in [1.807, 2.05) is 0 Å². The molecule has 4 nitrogen and oxygen atoms in total. The molecule has 1 heterocycles. The number of nitrogens with zero attached hydrogens (tertiary/aromatic N) is 1. The normalized spacial score (nSPS) is 16.5. The van der Waals surface area contributed by atoms with E-state index in [4.69, 9.17) is 5.11 Å². The predicted octanol–water partition coefficient (Wildman–Crippen LogP) is 2.48. The van der Waals surface area contributed by atoms with E-state index in [0.717, 1.165) is 12.8 Å². The number of carbonyl (C=O) groups is 1. The van der Waals surface area contributed by atoms with Gasteiger partial charge in [0.1, 0.15) is 5.82 Å². The van der Waals surface area contributed by atoms with Gasteiger partial charge in [-0.2, -0.15) is 0 Å². The zero-order chi connectivity index (χ0) is 12.8. The summed E-state index contributed by atoms with van der Waals surface area (Å²) < 4.78 is 0. The van der Waals surface area contributed by atoms with Crippen molar-refractivity contribution in [2.75, 3.05) is 5.32 Å². The first-order chi connectivity index (χ1) is 8.78. The first kappa shape index (κ1) is 13.0. The van der Waals surface area contributed by atoms with Crippen molar-refractivity contribution in [1.82, 2.24) is 4.98 Å². The number of anilines is 1. The predicted molar refractivity (Wildman–Crippen MR) is 70.0 cm³/mol. The van der Waals surface area contributed by atoms with E-state index < -0.39 is 0 Å². The number of hydrogen-bond acceptors (Lipinski definition) is 3. The summed E-state index contributed by atoms with van der Waals surface area (Å²) in [6.45, 7) is -0.105. The van der Waals surface area contributed by atoms with E-state index in [2.05, 4.69) is 10.3 Å². The lowest BCUT2D eigenvalue weighted by Gasteiger charge is -2.20. The van der Waals surface area contributed by atoms with Crippen LogP contribution in [0.5, 0.6) is 0 Å². The van der Waals surface area contributed by atoms with E-state index in [9.17, 15) is 4.79 Å². The number of amides is 1. The fraction of sp³-hybridized carbons (Fsp3) is 0.571. The molecule has 1 amide bonds. The third kappa shape index (κ3) is 3.81. The second kappa shape index (κ2) is 6.50. The third-order valence-electron chi connectivity index (χ3n) is 3.44. The Balaban J connectivity index is 1.85. The average Bonchev–Trinajstić information content (AvgIpc) is 2.40. The molecule has 0 aromatic carbocycles. The summed E-state index contributed by atoms with van der Waals surface area (Å²) in [7, 11) is 0. The zero-order valence-corrected chi connectivity index (χ0v) is 10.6. The lowest BCUT2D eigenvalue weighted by Crippen LogP contribution is -2.19. The Kier molecular flexibility index (Phi) is 4.70. The van der Waals surface area contributed by atoms with Gasteiger partial charge in [0.05, 0.1) is 12.3 Å². The molecule has 4 heteroatoms. The third-order valence-corrected chi connectivity index (χ3v) is 3.44. The molecular formula is C14H20N2O2. The maximum Gasteiger partial charge on any atom is 0.225 e. The highest BCUT2D eigenvalue weighted by atomic mass is 16.3. The molecule has 1 aliphatic rings. The van der Waals surface area contributed by atoms with Crippen LogP contribution in [-0.4, -0.2) is 16.0 Å². The number of carbonyl (C=O) groups excluding carboxylic acids is 1. The van der Waals surface area contributed by atoms with Gasteiger partial charge in [-0.1, -0.05) is 25.3 Å². The molecule has 0 aliphatic heterocycles. The van der Waals surface area contributed by atoms with Gasteiger partial charge < -0.3 is 10.4 Å². The number of hydrogen-bond donors (Lipinski definition) is 2. The fourth-order valence-electron chi connectivity index (χ4n) is 2.48. The second-order valence-electron chi connectivity index (χ2n) is 4.93. The van der Waals surface area contributed by atoms with Crippen molar-refractivity contribution in [2.45, 2.75) is 45.1 Å². The molecule has 0 bridgehead atoms. The lowest BCUT2D eigenvalue weighted by molar-refractivity contribution is -0.117. The van der Waals surface area contributed by atoms with Gasteiger partial charge in [0.15, 0.2) is 0 Å². The minimum absolute atomic E-state index is 0.0319. The molecule has 18 heavy (non-hydrogen) atoms. The van der Waals surface area contributed by atoms with Crippen LogP contribution in [0.15, 0.2) is 18.2 Å². The van der Waals surface area contributed by atoms with E-state index in [-0.39, 0.29) is 12.5 Å². The Morgan fingerprint density at radius 3 is 2.83 bits per heavy atom. The van der Waals surface area contributed by atoms with E-state index in [1.165, 1.54) is 19.3 Å². The van der Waals surface area contributed by atoms with Crippen LogP contribution in [0.25, 0.3) is 0 Å². The van der Waals surface area contributed by atoms with Gasteiger partial charge in [0.25, 0.3) is 0 Å². The molecule has 2 rings (SSSR count). The van der Waals surface area contributed by atoms with E-state index >= 15 is 0 Å². The van der Waals surface area contributed by atoms with Crippen molar-refractivity contribution in [3.8, 4) is 0 Å². The van der Waals surface area contributed by atoms with Crippen LogP contribution in [-0.2, 0) is 11.4 Å². The molecule has 0 spiro atoms. The molecular weight excluding hydrogens is 228 g/mol. The van der Waals surface area contributed by atoms with Crippen molar-refractivity contribution in [3.05, 3.63) is 23.9 Å². The summed E-state index contributed by atoms with van der Waals surface area (Å²) >= 11 is 0. The molecule has 1 aromatic rings. The highest BCUT2D eigenvalue weighted by Gasteiger charge is 2.17. The highest BCUT2D eigenvalue weighted by molar-refractivity contribution is 5.89. The number of aliphatic hydroxyl groups is 1. The van der Waals surface area contributed by atoms with Crippen LogP contribution in [0.3, 0.4) is 0 Å². The molecule has 0 radical (unpaired) electrons. The number of aliphatic hydroxyl groups excluding tert-OH is 1. The van der Waals surface area contributed by atoms with Gasteiger partial charge >= 0.3 is 0 Å². The Morgan fingerprint density at radius 1 is 1.33 bits per heavy atom. The van der Waals surface area contributed by atoms with Crippen LogP contribution in [0, 0.1) is 5.92 Å². The van der Waals surface area contributed by atoms with Crippen molar-refractivity contribution < 1.29 is 9.90 Å². The molecule has 0 unspecified atom stereocenters. The monoisotopic (exact) mass is 248 g/mol. The minimum atomic E-state index is -0.105. The summed E-state index contributed by atoms with van der Waals surface area (Å²) in [5.41, 5.74) is 0.575. The number of pyridine rings is 1. The van der Waals surface area contributed by atoms with Crippen molar-refractivity contribution >= 4 is 11.7 Å². The van der Waals surface area contributed by atoms with Crippen molar-refractivity contribution in [1.29, 1.82) is 0 Å². The van der Waals surface area contributed by atoms with E-state index in [0.29, 0.717) is 23.9 Å². The summed E-state index contributed by atoms with van der Waals surface area (Å²) in [4.78, 5) is 16.0. The van der Waals surface area contributed by atoms with Gasteiger partial charge in [0, 0.05) is 6.42 Å². The molecule has 0 atom stereocenters. The molecule has 1 aliphatic carbocycles. The molecule has 2 N–H and O–H groups in total. The lowest BCUT2D eigenvalue weighted by atomic mass is 9.87. The van der Waals surface area contributed by atoms with E-state index in [1.54, 1.807) is 18.2 Å². The molecule has 0 saturated heterocycles. The molecule has 1 saturated carbocycles. The number of nitrogens with one attached hydrogen (secondary N) is 1. The Morgan fingerprint density at radius 2 is 2.11 bits per heavy atom. The number of rotatable bonds is 4. The quantitative estimate of drug-likeness (QED) is 0.860. The summed E-state index contributed by atoms with van der Waals surface area (Å²) in [6, 6.07) is 5.27. The Hall–Kier alpha value is -1.42. The Labute approximate surface area is 107 Å². The maximum atomic E-state index is 11.9. The second-order valence-corrected chi connectivity index (χ2v) is 4.93. The minimum Gasteiger partial charge on any atom is -0.390 e. The standard InChI is InChI=1S/C14H20N2O2/c17-10-12-7-4-8-13(15-12)16-14(18)9-11-5-2-1-3-6-11/h4,7-8,11,17H,1-3,5-6,9-10H2,(H,15,16,18). The smallest absolute Gasteiger partial charge is 0.225 e. The first-order valence-electron chi connectivity index (χ1n) is 6.64. The summed E-state index contributed by atoms with van der Waals surface area (Å²) in [6.07, 6.45) is 6.71. The number of aromatic nitrogens is 1. The SMILES string of the molecule is O=C(CC1CCCCC1)Nc1cccc(CO)n1. The summed E-state index contributed by atoms with van der Waals surface area (Å²) in [5.74, 6) is 1.09. The molecule has 98 valence electrons.